The molecule has 1 saturated heterocycles. The Kier molecular flexibility index (Phi) is 4.70. The summed E-state index contributed by atoms with van der Waals surface area (Å²) < 4.78 is 16.8. The summed E-state index contributed by atoms with van der Waals surface area (Å²) in [6.07, 6.45) is 0. The quantitative estimate of drug-likeness (QED) is 0.647. The van der Waals surface area contributed by atoms with E-state index in [1.54, 1.807) is 7.11 Å². The second-order valence-corrected chi connectivity index (χ2v) is 8.81. The molecule has 6 rings (SSSR count). The smallest absolute Gasteiger partial charge is 0.231 e. The van der Waals surface area contributed by atoms with Gasteiger partial charge in [-0.1, -0.05) is 42.0 Å². The Labute approximate surface area is 188 Å². The second kappa shape index (κ2) is 7.73. The molecule has 0 saturated carbocycles. The molecule has 3 aromatic rings. The van der Waals surface area contributed by atoms with Gasteiger partial charge >= 0.3 is 0 Å². The van der Waals surface area contributed by atoms with E-state index in [0.717, 1.165) is 30.3 Å². The lowest BCUT2D eigenvalue weighted by atomic mass is 9.81. The summed E-state index contributed by atoms with van der Waals surface area (Å²) in [4.78, 5) is 2.48. The third kappa shape index (κ3) is 3.27. The summed E-state index contributed by atoms with van der Waals surface area (Å²) in [6.45, 7) is 4.19. The molecule has 32 heavy (non-hydrogen) atoms. The van der Waals surface area contributed by atoms with E-state index in [-0.39, 0.29) is 18.9 Å². The summed E-state index contributed by atoms with van der Waals surface area (Å²) in [5, 5.41) is 0. The van der Waals surface area contributed by atoms with E-state index >= 15 is 0 Å². The number of benzene rings is 3. The molecule has 3 heterocycles. The van der Waals surface area contributed by atoms with Crippen LogP contribution in [0, 0.1) is 12.8 Å². The van der Waals surface area contributed by atoms with E-state index in [1.807, 2.05) is 12.1 Å². The fourth-order valence-electron chi connectivity index (χ4n) is 5.13. The van der Waals surface area contributed by atoms with Gasteiger partial charge in [-0.3, -0.25) is 0 Å². The number of aryl methyl sites for hydroxylation is 1. The van der Waals surface area contributed by atoms with E-state index in [2.05, 4.69) is 71.2 Å². The Morgan fingerprint density at radius 2 is 1.66 bits per heavy atom. The molecule has 0 bridgehead atoms. The van der Waals surface area contributed by atoms with Crippen LogP contribution in [0.5, 0.6) is 17.2 Å². The molecule has 6 nitrogen and oxygen atoms in total. The van der Waals surface area contributed by atoms with Gasteiger partial charge in [-0.2, -0.15) is 0 Å². The van der Waals surface area contributed by atoms with Gasteiger partial charge in [0.1, 0.15) is 5.75 Å². The number of methoxy groups -OCH3 is 1. The molecule has 3 atom stereocenters. The number of rotatable bonds is 4. The average molecular weight is 430 g/mol. The van der Waals surface area contributed by atoms with Crippen LogP contribution in [0.1, 0.15) is 34.3 Å². The summed E-state index contributed by atoms with van der Waals surface area (Å²) in [5.74, 6) is 2.89. The zero-order valence-electron chi connectivity index (χ0n) is 18.3. The molecular formula is C26H27N3O3. The van der Waals surface area contributed by atoms with Gasteiger partial charge < -0.3 is 19.1 Å². The van der Waals surface area contributed by atoms with Crippen LogP contribution in [-0.4, -0.2) is 20.4 Å². The summed E-state index contributed by atoms with van der Waals surface area (Å²) >= 11 is 0. The Balaban J connectivity index is 1.38. The Hall–Kier alpha value is -3.22. The third-order valence-electron chi connectivity index (χ3n) is 6.85. The number of nitrogens with zero attached hydrogens (tertiary/aromatic N) is 1. The van der Waals surface area contributed by atoms with Crippen molar-refractivity contribution in [2.75, 3.05) is 25.3 Å². The first-order valence-electron chi connectivity index (χ1n) is 11.1. The van der Waals surface area contributed by atoms with Gasteiger partial charge in [0, 0.05) is 30.8 Å². The SMILES string of the molecule is COc1ccc(C2NNC3c4cc5c(cc4N(Cc4ccc(C)cc4)CC23)OCO5)cc1. The Morgan fingerprint density at radius 3 is 2.41 bits per heavy atom. The lowest BCUT2D eigenvalue weighted by Crippen LogP contribution is -2.39. The first kappa shape index (κ1) is 19.5. The van der Waals surface area contributed by atoms with E-state index in [9.17, 15) is 0 Å². The lowest BCUT2D eigenvalue weighted by Gasteiger charge is -2.39. The minimum atomic E-state index is 0.195. The fourth-order valence-corrected chi connectivity index (χ4v) is 5.13. The zero-order chi connectivity index (χ0) is 21.7. The lowest BCUT2D eigenvalue weighted by molar-refractivity contribution is 0.174. The van der Waals surface area contributed by atoms with Gasteiger partial charge in [0.2, 0.25) is 6.79 Å². The number of nitrogens with one attached hydrogen (secondary N) is 2. The van der Waals surface area contributed by atoms with Crippen molar-refractivity contribution < 1.29 is 14.2 Å². The topological polar surface area (TPSA) is 55.0 Å². The van der Waals surface area contributed by atoms with Gasteiger partial charge in [0.05, 0.1) is 19.2 Å². The van der Waals surface area contributed by atoms with Gasteiger partial charge in [0.15, 0.2) is 11.5 Å². The second-order valence-electron chi connectivity index (χ2n) is 8.81. The number of hydrogen-bond donors (Lipinski definition) is 2. The maximum atomic E-state index is 5.71. The molecule has 0 amide bonds. The molecular weight excluding hydrogens is 402 g/mol. The van der Waals surface area contributed by atoms with Gasteiger partial charge in [-0.15, -0.1) is 0 Å². The van der Waals surface area contributed by atoms with Crippen molar-refractivity contribution in [1.82, 2.24) is 10.9 Å². The standard InChI is InChI=1S/C26H27N3O3/c1-16-3-5-17(6-4-16)13-29-14-21-25(18-7-9-19(30-2)10-8-18)27-28-26(21)20-11-23-24(12-22(20)29)32-15-31-23/h3-12,21,25-28H,13-15H2,1-2H3. The number of hydrogen-bond acceptors (Lipinski definition) is 6. The van der Waals surface area contributed by atoms with Crippen LogP contribution in [0.3, 0.4) is 0 Å². The van der Waals surface area contributed by atoms with Crippen LogP contribution in [0.2, 0.25) is 0 Å². The largest absolute Gasteiger partial charge is 0.497 e. The van der Waals surface area contributed by atoms with Crippen molar-refractivity contribution in [2.24, 2.45) is 5.92 Å². The van der Waals surface area contributed by atoms with Gasteiger partial charge in [-0.25, -0.2) is 10.9 Å². The first-order chi connectivity index (χ1) is 15.7. The Morgan fingerprint density at radius 1 is 0.938 bits per heavy atom. The first-order valence-corrected chi connectivity index (χ1v) is 11.1. The van der Waals surface area contributed by atoms with Crippen molar-refractivity contribution in [3.05, 3.63) is 82.9 Å². The monoisotopic (exact) mass is 429 g/mol. The molecule has 3 aliphatic heterocycles. The Bertz CT molecular complexity index is 1130. The molecule has 2 N–H and O–H groups in total. The minimum Gasteiger partial charge on any atom is -0.497 e. The highest BCUT2D eigenvalue weighted by atomic mass is 16.7. The molecule has 6 heteroatoms. The molecule has 0 radical (unpaired) electrons. The van der Waals surface area contributed by atoms with Gasteiger partial charge in [-0.05, 0) is 41.8 Å². The summed E-state index contributed by atoms with van der Waals surface area (Å²) in [5.41, 5.74) is 13.4. The summed E-state index contributed by atoms with van der Waals surface area (Å²) in [6, 6.07) is 21.9. The van der Waals surface area contributed by atoms with Crippen LogP contribution in [-0.2, 0) is 6.54 Å². The van der Waals surface area contributed by atoms with Crippen LogP contribution < -0.4 is 30.0 Å². The minimum absolute atomic E-state index is 0.195. The van der Waals surface area contributed by atoms with E-state index in [1.165, 1.54) is 27.9 Å². The van der Waals surface area contributed by atoms with Crippen LogP contribution >= 0.6 is 0 Å². The average Bonchev–Trinajstić information content (AvgIpc) is 3.46. The molecule has 3 unspecified atom stereocenters. The van der Waals surface area contributed by atoms with Crippen molar-refractivity contribution in [3.63, 3.8) is 0 Å². The van der Waals surface area contributed by atoms with Crippen molar-refractivity contribution >= 4 is 5.69 Å². The predicted octanol–water partition coefficient (Wildman–Crippen LogP) is 4.26. The molecule has 1 fully saturated rings. The molecule has 3 aliphatic rings. The number of anilines is 1. The summed E-state index contributed by atoms with van der Waals surface area (Å²) in [7, 11) is 1.70. The molecule has 0 spiro atoms. The predicted molar refractivity (Wildman–Crippen MR) is 123 cm³/mol. The maximum absolute atomic E-state index is 5.71. The zero-order valence-corrected chi connectivity index (χ0v) is 18.3. The maximum Gasteiger partial charge on any atom is 0.231 e. The van der Waals surface area contributed by atoms with E-state index < -0.39 is 0 Å². The van der Waals surface area contributed by atoms with Crippen molar-refractivity contribution in [3.8, 4) is 17.2 Å². The molecule has 0 aromatic heterocycles. The highest BCUT2D eigenvalue weighted by Gasteiger charge is 2.44. The van der Waals surface area contributed by atoms with Crippen molar-refractivity contribution in [2.45, 2.75) is 25.6 Å². The fraction of sp³-hybridized carbons (Fsp3) is 0.308. The van der Waals surface area contributed by atoms with Crippen molar-refractivity contribution in [1.29, 1.82) is 0 Å². The third-order valence-corrected chi connectivity index (χ3v) is 6.85. The molecule has 164 valence electrons. The normalized spacial score (nSPS) is 23.1. The van der Waals surface area contributed by atoms with Crippen LogP contribution in [0.25, 0.3) is 0 Å². The number of hydrazine groups is 1. The van der Waals surface area contributed by atoms with Crippen LogP contribution in [0.4, 0.5) is 5.69 Å². The van der Waals surface area contributed by atoms with E-state index in [0.29, 0.717) is 5.92 Å². The van der Waals surface area contributed by atoms with Gasteiger partial charge in [0.25, 0.3) is 0 Å². The highest BCUT2D eigenvalue weighted by molar-refractivity contribution is 5.66. The highest BCUT2D eigenvalue weighted by Crippen LogP contribution is 2.49. The van der Waals surface area contributed by atoms with E-state index in [4.69, 9.17) is 14.2 Å². The molecule has 3 aromatic carbocycles. The number of ether oxygens (including phenoxy) is 3. The van der Waals surface area contributed by atoms with Crippen LogP contribution in [0.15, 0.2) is 60.7 Å². The molecule has 0 aliphatic carbocycles. The number of fused-ring (bicyclic) bond motifs is 4.